The first-order valence-electron chi connectivity index (χ1n) is 12.5. The van der Waals surface area contributed by atoms with Crippen LogP contribution in [0.3, 0.4) is 0 Å². The lowest BCUT2D eigenvalue weighted by Crippen LogP contribution is -2.23. The average Bonchev–Trinajstić information content (AvgIpc) is 2.89. The molecule has 0 unspecified atom stereocenters. The zero-order valence-corrected chi connectivity index (χ0v) is 20.2. The van der Waals surface area contributed by atoms with Crippen LogP contribution in [0.5, 0.6) is 0 Å². The van der Waals surface area contributed by atoms with Gasteiger partial charge in [0.1, 0.15) is 0 Å². The Morgan fingerprint density at radius 1 is 0.500 bits per heavy atom. The van der Waals surface area contributed by atoms with Crippen molar-refractivity contribution in [3.05, 3.63) is 106 Å². The van der Waals surface area contributed by atoms with Gasteiger partial charge in [-0.05, 0) is 107 Å². The van der Waals surface area contributed by atoms with Crippen molar-refractivity contribution < 1.29 is 0 Å². The molecular weight excluding hydrogens is 412 g/mol. The SMILES string of the molecule is Cc1c(-c2ccc3c(c2)CCNC3)cccc1-c1cccc(-c2ccc3c(c2)CCNC3)c1C. The molecule has 0 fully saturated rings. The first kappa shape index (κ1) is 21.3. The second kappa shape index (κ2) is 8.87. The van der Waals surface area contributed by atoms with Gasteiger partial charge in [-0.3, -0.25) is 0 Å². The predicted octanol–water partition coefficient (Wildman–Crippen LogP) is 6.60. The van der Waals surface area contributed by atoms with E-state index < -0.39 is 0 Å². The van der Waals surface area contributed by atoms with Crippen LogP contribution in [0.4, 0.5) is 0 Å². The molecule has 0 saturated heterocycles. The Morgan fingerprint density at radius 3 is 1.41 bits per heavy atom. The van der Waals surface area contributed by atoms with E-state index in [9.17, 15) is 0 Å². The number of rotatable bonds is 3. The molecule has 0 atom stereocenters. The summed E-state index contributed by atoms with van der Waals surface area (Å²) in [5.74, 6) is 0. The zero-order chi connectivity index (χ0) is 23.1. The second-order valence-electron chi connectivity index (χ2n) is 9.78. The Labute approximate surface area is 203 Å². The minimum Gasteiger partial charge on any atom is -0.312 e. The summed E-state index contributed by atoms with van der Waals surface area (Å²) in [6, 6.07) is 27.6. The number of benzene rings is 4. The third kappa shape index (κ3) is 3.77. The van der Waals surface area contributed by atoms with Crippen LogP contribution >= 0.6 is 0 Å². The highest BCUT2D eigenvalue weighted by Crippen LogP contribution is 2.37. The van der Waals surface area contributed by atoms with Crippen LogP contribution < -0.4 is 10.6 Å². The maximum absolute atomic E-state index is 3.48. The summed E-state index contributed by atoms with van der Waals surface area (Å²) in [6.45, 7) is 8.67. The van der Waals surface area contributed by atoms with Gasteiger partial charge >= 0.3 is 0 Å². The predicted molar refractivity (Wildman–Crippen MR) is 143 cm³/mol. The summed E-state index contributed by atoms with van der Waals surface area (Å²) < 4.78 is 0. The molecule has 0 saturated carbocycles. The van der Waals surface area contributed by atoms with Crippen molar-refractivity contribution in [1.82, 2.24) is 10.6 Å². The van der Waals surface area contributed by atoms with E-state index in [4.69, 9.17) is 0 Å². The maximum atomic E-state index is 3.48. The fourth-order valence-electron chi connectivity index (χ4n) is 5.77. The molecule has 2 aliphatic rings. The highest BCUT2D eigenvalue weighted by molar-refractivity contribution is 5.84. The van der Waals surface area contributed by atoms with E-state index in [1.165, 1.54) is 66.8 Å². The fraction of sp³-hybridized carbons (Fsp3) is 0.250. The van der Waals surface area contributed by atoms with E-state index >= 15 is 0 Å². The van der Waals surface area contributed by atoms with E-state index in [0.717, 1.165) is 39.0 Å². The Morgan fingerprint density at radius 2 is 0.941 bits per heavy atom. The summed E-state index contributed by atoms with van der Waals surface area (Å²) in [6.07, 6.45) is 2.22. The van der Waals surface area contributed by atoms with Crippen molar-refractivity contribution >= 4 is 0 Å². The zero-order valence-electron chi connectivity index (χ0n) is 20.2. The van der Waals surface area contributed by atoms with Gasteiger partial charge in [-0.1, -0.05) is 72.8 Å². The van der Waals surface area contributed by atoms with Crippen molar-refractivity contribution in [3.8, 4) is 33.4 Å². The molecule has 0 radical (unpaired) electrons. The maximum Gasteiger partial charge on any atom is 0.0208 e. The molecule has 2 aliphatic heterocycles. The molecule has 2 heteroatoms. The Hall–Kier alpha value is -3.20. The lowest BCUT2D eigenvalue weighted by Gasteiger charge is -2.20. The van der Waals surface area contributed by atoms with Crippen LogP contribution in [0.1, 0.15) is 33.4 Å². The molecule has 0 spiro atoms. The summed E-state index contributed by atoms with van der Waals surface area (Å²) in [4.78, 5) is 0. The summed E-state index contributed by atoms with van der Waals surface area (Å²) in [7, 11) is 0. The molecule has 0 aliphatic carbocycles. The standard InChI is InChI=1S/C32H32N2/c1-21-29(25-9-11-27-19-33-15-13-23(27)17-25)5-3-7-31(21)32-8-4-6-30(22(32)2)26-10-12-28-20-34-16-14-24(28)18-26/h3-12,17-18,33-34H,13-16,19-20H2,1-2H3. The molecule has 6 rings (SSSR count). The molecule has 0 amide bonds. The fourth-order valence-corrected chi connectivity index (χ4v) is 5.77. The van der Waals surface area contributed by atoms with Crippen molar-refractivity contribution in [3.63, 3.8) is 0 Å². The summed E-state index contributed by atoms with van der Waals surface area (Å²) in [5, 5.41) is 6.96. The van der Waals surface area contributed by atoms with Crippen LogP contribution in [0.15, 0.2) is 72.8 Å². The highest BCUT2D eigenvalue weighted by Gasteiger charge is 2.16. The third-order valence-corrected chi connectivity index (χ3v) is 7.77. The Balaban J connectivity index is 1.42. The van der Waals surface area contributed by atoms with E-state index in [2.05, 4.69) is 97.3 Å². The summed E-state index contributed by atoms with van der Waals surface area (Å²) in [5.41, 5.74) is 16.6. The van der Waals surface area contributed by atoms with Crippen LogP contribution in [0, 0.1) is 13.8 Å². The van der Waals surface area contributed by atoms with Gasteiger partial charge in [-0.15, -0.1) is 0 Å². The third-order valence-electron chi connectivity index (χ3n) is 7.77. The molecule has 2 N–H and O–H groups in total. The smallest absolute Gasteiger partial charge is 0.0208 e. The van der Waals surface area contributed by atoms with Gasteiger partial charge in [-0.25, -0.2) is 0 Å². The van der Waals surface area contributed by atoms with Crippen molar-refractivity contribution in [1.29, 1.82) is 0 Å². The molecule has 0 aromatic heterocycles. The first-order chi connectivity index (χ1) is 16.7. The van der Waals surface area contributed by atoms with Gasteiger partial charge in [0, 0.05) is 13.1 Å². The van der Waals surface area contributed by atoms with Crippen LogP contribution in [-0.4, -0.2) is 13.1 Å². The number of hydrogen-bond acceptors (Lipinski definition) is 2. The lowest BCUT2D eigenvalue weighted by atomic mass is 9.86. The second-order valence-corrected chi connectivity index (χ2v) is 9.78. The van der Waals surface area contributed by atoms with Crippen molar-refractivity contribution in [2.75, 3.05) is 13.1 Å². The monoisotopic (exact) mass is 444 g/mol. The van der Waals surface area contributed by atoms with E-state index in [1.807, 2.05) is 0 Å². The molecule has 34 heavy (non-hydrogen) atoms. The normalized spacial score (nSPS) is 15.0. The Bertz CT molecular complexity index is 1280. The van der Waals surface area contributed by atoms with Gasteiger partial charge in [0.05, 0.1) is 0 Å². The molecule has 4 aromatic rings. The van der Waals surface area contributed by atoms with Crippen LogP contribution in [0.25, 0.3) is 33.4 Å². The largest absolute Gasteiger partial charge is 0.312 e. The average molecular weight is 445 g/mol. The first-order valence-corrected chi connectivity index (χ1v) is 12.5. The topological polar surface area (TPSA) is 24.1 Å². The highest BCUT2D eigenvalue weighted by atomic mass is 14.9. The molecule has 0 bridgehead atoms. The summed E-state index contributed by atoms with van der Waals surface area (Å²) >= 11 is 0. The van der Waals surface area contributed by atoms with E-state index in [0.29, 0.717) is 0 Å². The minimum absolute atomic E-state index is 0.986. The number of nitrogens with one attached hydrogen (secondary N) is 2. The van der Waals surface area contributed by atoms with Crippen LogP contribution in [-0.2, 0) is 25.9 Å². The molecule has 2 heterocycles. The minimum atomic E-state index is 0.986. The van der Waals surface area contributed by atoms with Gasteiger partial charge in [0.15, 0.2) is 0 Å². The van der Waals surface area contributed by atoms with Crippen molar-refractivity contribution in [2.45, 2.75) is 39.8 Å². The molecule has 4 aromatic carbocycles. The van der Waals surface area contributed by atoms with Crippen LogP contribution in [0.2, 0.25) is 0 Å². The number of hydrogen-bond donors (Lipinski definition) is 2. The van der Waals surface area contributed by atoms with Gasteiger partial charge in [0.25, 0.3) is 0 Å². The number of fused-ring (bicyclic) bond motifs is 2. The molecule has 2 nitrogen and oxygen atoms in total. The molecular formula is C32H32N2. The van der Waals surface area contributed by atoms with E-state index in [1.54, 1.807) is 0 Å². The quantitative estimate of drug-likeness (QED) is 0.372. The molecule has 170 valence electrons. The van der Waals surface area contributed by atoms with Gasteiger partial charge in [0.2, 0.25) is 0 Å². The van der Waals surface area contributed by atoms with E-state index in [-0.39, 0.29) is 0 Å². The van der Waals surface area contributed by atoms with Gasteiger partial charge < -0.3 is 10.6 Å². The van der Waals surface area contributed by atoms with Crippen molar-refractivity contribution in [2.24, 2.45) is 0 Å². The Kier molecular flexibility index (Phi) is 5.57. The van der Waals surface area contributed by atoms with Gasteiger partial charge in [-0.2, -0.15) is 0 Å². The lowest BCUT2D eigenvalue weighted by molar-refractivity contribution is 0.644.